The highest BCUT2D eigenvalue weighted by molar-refractivity contribution is 7.08. The van der Waals surface area contributed by atoms with Gasteiger partial charge >= 0.3 is 0 Å². The lowest BCUT2D eigenvalue weighted by Crippen LogP contribution is -2.24. The molecular formula is C11H17NS. The molecule has 0 amide bonds. The number of rotatable bonds is 5. The van der Waals surface area contributed by atoms with E-state index >= 15 is 0 Å². The SMILES string of the molecule is CCCNC(C)/C=C/c1ccsc1. The molecule has 1 nitrogen and oxygen atoms in total. The molecule has 0 fully saturated rings. The van der Waals surface area contributed by atoms with Crippen molar-refractivity contribution in [2.75, 3.05) is 6.54 Å². The summed E-state index contributed by atoms with van der Waals surface area (Å²) in [6, 6.07) is 2.60. The lowest BCUT2D eigenvalue weighted by Gasteiger charge is -2.06. The normalized spacial score (nSPS) is 13.7. The summed E-state index contributed by atoms with van der Waals surface area (Å²) >= 11 is 1.74. The van der Waals surface area contributed by atoms with E-state index in [1.54, 1.807) is 11.3 Å². The summed E-state index contributed by atoms with van der Waals surface area (Å²) in [6.45, 7) is 5.45. The predicted octanol–water partition coefficient (Wildman–Crippen LogP) is 3.15. The van der Waals surface area contributed by atoms with Crippen LogP contribution in [0.4, 0.5) is 0 Å². The maximum Gasteiger partial charge on any atom is 0.0224 e. The molecule has 1 atom stereocenters. The van der Waals surface area contributed by atoms with Crippen LogP contribution in [0.2, 0.25) is 0 Å². The molecule has 13 heavy (non-hydrogen) atoms. The van der Waals surface area contributed by atoms with Crippen molar-refractivity contribution in [3.05, 3.63) is 28.5 Å². The fourth-order valence-electron chi connectivity index (χ4n) is 1.07. The monoisotopic (exact) mass is 195 g/mol. The molecule has 72 valence electrons. The zero-order valence-corrected chi connectivity index (χ0v) is 9.10. The number of thiophene rings is 1. The lowest BCUT2D eigenvalue weighted by atomic mass is 10.2. The Hall–Kier alpha value is -0.600. The molecule has 1 rings (SSSR count). The van der Waals surface area contributed by atoms with Gasteiger partial charge in [0.25, 0.3) is 0 Å². The Labute approximate surface area is 84.5 Å². The molecule has 0 spiro atoms. The highest BCUT2D eigenvalue weighted by Gasteiger charge is 1.93. The van der Waals surface area contributed by atoms with Crippen LogP contribution < -0.4 is 5.32 Å². The van der Waals surface area contributed by atoms with Gasteiger partial charge in [0.05, 0.1) is 0 Å². The molecule has 0 radical (unpaired) electrons. The van der Waals surface area contributed by atoms with E-state index in [4.69, 9.17) is 0 Å². The highest BCUT2D eigenvalue weighted by atomic mass is 32.1. The van der Waals surface area contributed by atoms with Crippen LogP contribution in [0.25, 0.3) is 6.08 Å². The van der Waals surface area contributed by atoms with E-state index in [0.717, 1.165) is 6.54 Å². The fraction of sp³-hybridized carbons (Fsp3) is 0.455. The Bertz CT molecular complexity index is 239. The lowest BCUT2D eigenvalue weighted by molar-refractivity contribution is 0.625. The van der Waals surface area contributed by atoms with Crippen LogP contribution in [0.3, 0.4) is 0 Å². The van der Waals surface area contributed by atoms with Crippen LogP contribution >= 0.6 is 11.3 Å². The minimum absolute atomic E-state index is 0.472. The van der Waals surface area contributed by atoms with Gasteiger partial charge in [-0.25, -0.2) is 0 Å². The summed E-state index contributed by atoms with van der Waals surface area (Å²) in [6.07, 6.45) is 5.57. The largest absolute Gasteiger partial charge is 0.311 e. The summed E-state index contributed by atoms with van der Waals surface area (Å²) in [5.74, 6) is 0. The molecule has 1 heterocycles. The third kappa shape index (κ3) is 4.25. The van der Waals surface area contributed by atoms with Crippen molar-refractivity contribution in [1.29, 1.82) is 0 Å². The van der Waals surface area contributed by atoms with Gasteiger partial charge in [-0.2, -0.15) is 11.3 Å². The molecule has 0 aromatic carbocycles. The summed E-state index contributed by atoms with van der Waals surface area (Å²) in [5, 5.41) is 7.67. The summed E-state index contributed by atoms with van der Waals surface area (Å²) in [4.78, 5) is 0. The molecule has 2 heteroatoms. The van der Waals surface area contributed by atoms with Crippen LogP contribution in [0, 0.1) is 0 Å². The topological polar surface area (TPSA) is 12.0 Å². The molecule has 0 aliphatic heterocycles. The average molecular weight is 195 g/mol. The zero-order valence-electron chi connectivity index (χ0n) is 8.29. The van der Waals surface area contributed by atoms with Gasteiger partial charge < -0.3 is 5.32 Å². The molecule has 0 aliphatic rings. The first kappa shape index (κ1) is 10.5. The van der Waals surface area contributed by atoms with Gasteiger partial charge in [-0.3, -0.25) is 0 Å². The van der Waals surface area contributed by atoms with E-state index in [1.807, 2.05) is 0 Å². The first-order valence-corrected chi connectivity index (χ1v) is 5.71. The van der Waals surface area contributed by atoms with Crippen LogP contribution in [-0.4, -0.2) is 12.6 Å². The Kier molecular flexibility index (Phi) is 4.79. The number of hydrogen-bond acceptors (Lipinski definition) is 2. The van der Waals surface area contributed by atoms with Crippen molar-refractivity contribution in [1.82, 2.24) is 5.32 Å². The fourth-order valence-corrected chi connectivity index (χ4v) is 1.69. The van der Waals surface area contributed by atoms with E-state index in [-0.39, 0.29) is 0 Å². The summed E-state index contributed by atoms with van der Waals surface area (Å²) in [7, 11) is 0. The van der Waals surface area contributed by atoms with Gasteiger partial charge in [0, 0.05) is 6.04 Å². The van der Waals surface area contributed by atoms with Crippen molar-refractivity contribution in [3.8, 4) is 0 Å². The molecular weight excluding hydrogens is 178 g/mol. The quantitative estimate of drug-likeness (QED) is 0.761. The van der Waals surface area contributed by atoms with Crippen molar-refractivity contribution < 1.29 is 0 Å². The molecule has 0 saturated carbocycles. The van der Waals surface area contributed by atoms with Crippen LogP contribution in [0.1, 0.15) is 25.8 Å². The van der Waals surface area contributed by atoms with Gasteiger partial charge in [-0.1, -0.05) is 19.1 Å². The van der Waals surface area contributed by atoms with E-state index in [0.29, 0.717) is 6.04 Å². The number of nitrogens with one attached hydrogen (secondary N) is 1. The molecule has 1 N–H and O–H groups in total. The van der Waals surface area contributed by atoms with Crippen LogP contribution in [0.15, 0.2) is 22.9 Å². The van der Waals surface area contributed by atoms with Crippen molar-refractivity contribution >= 4 is 17.4 Å². The maximum absolute atomic E-state index is 3.41. The Balaban J connectivity index is 2.31. The van der Waals surface area contributed by atoms with Gasteiger partial charge in [0.2, 0.25) is 0 Å². The number of hydrogen-bond donors (Lipinski definition) is 1. The molecule has 0 bridgehead atoms. The Morgan fingerprint density at radius 2 is 2.46 bits per heavy atom. The second kappa shape index (κ2) is 5.95. The second-order valence-corrected chi connectivity index (χ2v) is 3.94. The highest BCUT2D eigenvalue weighted by Crippen LogP contribution is 2.07. The maximum atomic E-state index is 3.41. The molecule has 0 saturated heterocycles. The Morgan fingerprint density at radius 3 is 3.08 bits per heavy atom. The predicted molar refractivity (Wildman–Crippen MR) is 61.1 cm³/mol. The van der Waals surface area contributed by atoms with E-state index < -0.39 is 0 Å². The van der Waals surface area contributed by atoms with E-state index in [1.165, 1.54) is 12.0 Å². The zero-order chi connectivity index (χ0) is 9.52. The summed E-state index contributed by atoms with van der Waals surface area (Å²) in [5.41, 5.74) is 1.30. The first-order valence-electron chi connectivity index (χ1n) is 4.76. The van der Waals surface area contributed by atoms with Crippen LogP contribution in [-0.2, 0) is 0 Å². The standard InChI is InChI=1S/C11H17NS/c1-3-7-12-10(2)4-5-11-6-8-13-9-11/h4-6,8-10,12H,3,7H2,1-2H3/b5-4+. The smallest absolute Gasteiger partial charge is 0.0224 e. The minimum Gasteiger partial charge on any atom is -0.311 e. The second-order valence-electron chi connectivity index (χ2n) is 3.16. The molecule has 1 aromatic rings. The first-order chi connectivity index (χ1) is 6.33. The van der Waals surface area contributed by atoms with Gasteiger partial charge in [-0.05, 0) is 42.3 Å². The third-order valence-electron chi connectivity index (χ3n) is 1.84. The van der Waals surface area contributed by atoms with E-state index in [2.05, 4.69) is 48.1 Å². The van der Waals surface area contributed by atoms with E-state index in [9.17, 15) is 0 Å². The molecule has 1 aromatic heterocycles. The molecule has 0 aliphatic carbocycles. The third-order valence-corrected chi connectivity index (χ3v) is 2.54. The Morgan fingerprint density at radius 1 is 1.62 bits per heavy atom. The minimum atomic E-state index is 0.472. The van der Waals surface area contributed by atoms with Crippen molar-refractivity contribution in [2.45, 2.75) is 26.3 Å². The summed E-state index contributed by atoms with van der Waals surface area (Å²) < 4.78 is 0. The van der Waals surface area contributed by atoms with Gasteiger partial charge in [0.1, 0.15) is 0 Å². The molecule has 1 unspecified atom stereocenters. The van der Waals surface area contributed by atoms with Crippen molar-refractivity contribution in [2.24, 2.45) is 0 Å². The van der Waals surface area contributed by atoms with Crippen molar-refractivity contribution in [3.63, 3.8) is 0 Å². The average Bonchev–Trinajstić information content (AvgIpc) is 2.64. The van der Waals surface area contributed by atoms with Crippen LogP contribution in [0.5, 0.6) is 0 Å². The van der Waals surface area contributed by atoms with Gasteiger partial charge in [0.15, 0.2) is 0 Å². The van der Waals surface area contributed by atoms with Gasteiger partial charge in [-0.15, -0.1) is 0 Å².